The van der Waals surface area contributed by atoms with Crippen LogP contribution >= 0.6 is 0 Å². The molecule has 0 aromatic heterocycles. The molecule has 1 rings (SSSR count). The van der Waals surface area contributed by atoms with Crippen LogP contribution in [0, 0.1) is 0 Å². The minimum absolute atomic E-state index is 0.503. The average molecular weight is 83.1 g/mol. The molecule has 0 bridgehead atoms. The standard InChI is InChI=1S/C3H3N2O/c1-2-6-3-5-4-1/h1H,2H2. The van der Waals surface area contributed by atoms with E-state index in [1.165, 1.54) is 0 Å². The van der Waals surface area contributed by atoms with Gasteiger partial charge >= 0.3 is 0 Å². The number of nitrogens with zero attached hydrogens (tertiary/aromatic N) is 2. The molecule has 0 fully saturated rings. The molecule has 3 heteroatoms. The Hall–Kier alpha value is -0.860. The summed E-state index contributed by atoms with van der Waals surface area (Å²) in [6.45, 7) is 0.503. The summed E-state index contributed by atoms with van der Waals surface area (Å²) in [4.78, 5) is 0. The Kier molecular flexibility index (Phi) is 0.859. The monoisotopic (exact) mass is 83.0 g/mol. The molecule has 1 heterocycles. The molecule has 1 radical (unpaired) electrons. The lowest BCUT2D eigenvalue weighted by Crippen LogP contribution is -1.95. The summed E-state index contributed by atoms with van der Waals surface area (Å²) >= 11 is 0. The fourth-order valence-electron chi connectivity index (χ4n) is 0.201. The fourth-order valence-corrected chi connectivity index (χ4v) is 0.201. The van der Waals surface area contributed by atoms with Gasteiger partial charge in [0.2, 0.25) is 0 Å². The molecule has 31 valence electrons. The van der Waals surface area contributed by atoms with Crippen LogP contribution < -0.4 is 0 Å². The quantitative estimate of drug-likeness (QED) is 0.403. The van der Waals surface area contributed by atoms with E-state index in [4.69, 9.17) is 0 Å². The lowest BCUT2D eigenvalue weighted by molar-refractivity contribution is 0.378. The zero-order valence-corrected chi connectivity index (χ0v) is 3.09. The summed E-state index contributed by atoms with van der Waals surface area (Å²) in [7, 11) is 0. The van der Waals surface area contributed by atoms with Crippen LogP contribution in [-0.4, -0.2) is 19.2 Å². The predicted octanol–water partition coefficient (Wildman–Crippen LogP) is -0.0923. The first kappa shape index (κ1) is 3.33. The molecule has 0 amide bonds. The maximum Gasteiger partial charge on any atom is 0.299 e. The Morgan fingerprint density at radius 3 is 3.00 bits per heavy atom. The average Bonchev–Trinajstić information content (AvgIpc) is 1.72. The van der Waals surface area contributed by atoms with Crippen molar-refractivity contribution in [1.29, 1.82) is 0 Å². The Balaban J connectivity index is 2.46. The van der Waals surface area contributed by atoms with Crippen molar-refractivity contribution in [2.75, 3.05) is 6.61 Å². The number of hydrogen-bond acceptors (Lipinski definition) is 3. The maximum atomic E-state index is 4.50. The van der Waals surface area contributed by atoms with Gasteiger partial charge in [-0.2, -0.15) is 5.10 Å². The van der Waals surface area contributed by atoms with Gasteiger partial charge in [0.05, 0.1) is 6.21 Å². The highest BCUT2D eigenvalue weighted by atomic mass is 16.5. The molecule has 0 atom stereocenters. The molecule has 6 heavy (non-hydrogen) atoms. The van der Waals surface area contributed by atoms with E-state index in [2.05, 4.69) is 21.3 Å². The van der Waals surface area contributed by atoms with Gasteiger partial charge in [-0.15, -0.1) is 5.10 Å². The summed E-state index contributed by atoms with van der Waals surface area (Å²) in [5.41, 5.74) is 0. The van der Waals surface area contributed by atoms with Gasteiger partial charge in [0.15, 0.2) is 0 Å². The third-order valence-electron chi connectivity index (χ3n) is 0.403. The van der Waals surface area contributed by atoms with Crippen LogP contribution in [0.4, 0.5) is 0 Å². The van der Waals surface area contributed by atoms with E-state index >= 15 is 0 Å². The third-order valence-corrected chi connectivity index (χ3v) is 0.403. The molecule has 0 spiro atoms. The Morgan fingerprint density at radius 2 is 2.83 bits per heavy atom. The smallest absolute Gasteiger partial charge is 0.299 e. The number of hydrogen-bond donors (Lipinski definition) is 0. The van der Waals surface area contributed by atoms with E-state index in [9.17, 15) is 0 Å². The minimum Gasteiger partial charge on any atom is -0.467 e. The van der Waals surface area contributed by atoms with Gasteiger partial charge in [0, 0.05) is 0 Å². The van der Waals surface area contributed by atoms with Crippen molar-refractivity contribution >= 4 is 12.6 Å². The Bertz CT molecular complexity index is 74.8. The zero-order chi connectivity index (χ0) is 4.24. The normalized spacial score (nSPS) is 17.3. The van der Waals surface area contributed by atoms with Crippen molar-refractivity contribution in [2.24, 2.45) is 10.2 Å². The molecule has 0 aromatic rings. The van der Waals surface area contributed by atoms with Crippen molar-refractivity contribution in [3.8, 4) is 0 Å². The van der Waals surface area contributed by atoms with E-state index in [1.807, 2.05) is 0 Å². The van der Waals surface area contributed by atoms with Gasteiger partial charge in [-0.1, -0.05) is 0 Å². The van der Waals surface area contributed by atoms with Gasteiger partial charge in [-0.3, -0.25) is 0 Å². The van der Waals surface area contributed by atoms with Crippen LogP contribution in [0.1, 0.15) is 0 Å². The Morgan fingerprint density at radius 1 is 1.83 bits per heavy atom. The molecule has 0 aliphatic carbocycles. The van der Waals surface area contributed by atoms with Crippen LogP contribution in [0.5, 0.6) is 0 Å². The Labute approximate surface area is 35.3 Å². The maximum absolute atomic E-state index is 4.50. The second-order valence-electron chi connectivity index (χ2n) is 0.800. The zero-order valence-electron chi connectivity index (χ0n) is 3.09. The molecule has 0 saturated heterocycles. The highest BCUT2D eigenvalue weighted by Crippen LogP contribution is 1.75. The third kappa shape index (κ3) is 0.544. The molecule has 0 aromatic carbocycles. The van der Waals surface area contributed by atoms with Crippen LogP contribution in [0.15, 0.2) is 10.2 Å². The second kappa shape index (κ2) is 1.55. The lowest BCUT2D eigenvalue weighted by atomic mass is 10.8. The van der Waals surface area contributed by atoms with Gasteiger partial charge < -0.3 is 4.74 Å². The van der Waals surface area contributed by atoms with Crippen molar-refractivity contribution in [3.63, 3.8) is 0 Å². The minimum atomic E-state index is 0.503. The highest BCUT2D eigenvalue weighted by molar-refractivity contribution is 5.64. The van der Waals surface area contributed by atoms with Gasteiger partial charge in [-0.25, -0.2) is 0 Å². The summed E-state index contributed by atoms with van der Waals surface area (Å²) in [5.74, 6) is 0. The van der Waals surface area contributed by atoms with Crippen LogP contribution in [0.25, 0.3) is 0 Å². The topological polar surface area (TPSA) is 34.0 Å². The van der Waals surface area contributed by atoms with E-state index < -0.39 is 0 Å². The van der Waals surface area contributed by atoms with E-state index in [0.717, 1.165) is 0 Å². The van der Waals surface area contributed by atoms with Crippen molar-refractivity contribution < 1.29 is 4.74 Å². The van der Waals surface area contributed by atoms with E-state index in [0.29, 0.717) is 6.61 Å². The summed E-state index contributed by atoms with van der Waals surface area (Å²) in [6.07, 6.45) is 3.78. The molecular weight excluding hydrogens is 80.0 g/mol. The molecule has 1 aliphatic heterocycles. The SMILES string of the molecule is [C]1=NN=CCO1. The molecule has 0 unspecified atom stereocenters. The first-order chi connectivity index (χ1) is 3.00. The number of ether oxygens (including phenoxy) is 1. The lowest BCUT2D eigenvalue weighted by Gasteiger charge is -1.90. The number of rotatable bonds is 0. The predicted molar refractivity (Wildman–Crippen MR) is 21.9 cm³/mol. The first-order valence-corrected chi connectivity index (χ1v) is 1.58. The van der Waals surface area contributed by atoms with Crippen molar-refractivity contribution in [3.05, 3.63) is 0 Å². The van der Waals surface area contributed by atoms with Crippen LogP contribution in [-0.2, 0) is 4.74 Å². The molecule has 0 saturated carbocycles. The van der Waals surface area contributed by atoms with Gasteiger partial charge in [0.1, 0.15) is 6.61 Å². The van der Waals surface area contributed by atoms with Crippen LogP contribution in [0.2, 0.25) is 0 Å². The largest absolute Gasteiger partial charge is 0.467 e. The van der Waals surface area contributed by atoms with Gasteiger partial charge in [0.25, 0.3) is 6.40 Å². The molecule has 3 nitrogen and oxygen atoms in total. The fraction of sp³-hybridized carbons (Fsp3) is 0.333. The van der Waals surface area contributed by atoms with E-state index in [1.54, 1.807) is 6.21 Å². The second-order valence-corrected chi connectivity index (χ2v) is 0.800. The van der Waals surface area contributed by atoms with Crippen LogP contribution in [0.3, 0.4) is 0 Å². The molecule has 0 N–H and O–H groups in total. The van der Waals surface area contributed by atoms with Crippen molar-refractivity contribution in [1.82, 2.24) is 0 Å². The molecular formula is C3H3N2O. The summed E-state index contributed by atoms with van der Waals surface area (Å²) < 4.78 is 4.50. The molecule has 1 aliphatic rings. The van der Waals surface area contributed by atoms with E-state index in [-0.39, 0.29) is 0 Å². The highest BCUT2D eigenvalue weighted by Gasteiger charge is 1.80. The first-order valence-electron chi connectivity index (χ1n) is 1.58. The summed E-state index contributed by atoms with van der Waals surface area (Å²) in [5, 5.41) is 6.72. The van der Waals surface area contributed by atoms with Gasteiger partial charge in [-0.05, 0) is 0 Å². The van der Waals surface area contributed by atoms with Crippen molar-refractivity contribution in [2.45, 2.75) is 0 Å². The summed E-state index contributed by atoms with van der Waals surface area (Å²) in [6, 6.07) is 0.